The average molecular weight is 226 g/mol. The van der Waals surface area contributed by atoms with Crippen LogP contribution in [0, 0.1) is 0 Å². The molecule has 1 unspecified atom stereocenters. The van der Waals surface area contributed by atoms with Gasteiger partial charge >= 0.3 is 13.8 Å². The van der Waals surface area contributed by atoms with Crippen LogP contribution in [0.15, 0.2) is 12.2 Å². The maximum absolute atomic E-state index is 10.2. The van der Waals surface area contributed by atoms with Crippen molar-refractivity contribution in [3.63, 3.8) is 0 Å². The quantitative estimate of drug-likeness (QED) is 0.385. The van der Waals surface area contributed by atoms with Crippen LogP contribution in [0.5, 0.6) is 0 Å². The largest absolute Gasteiger partial charge is 0.499 e. The van der Waals surface area contributed by atoms with Crippen molar-refractivity contribution in [3.05, 3.63) is 12.2 Å². The number of hydrogen-bond donors (Lipinski definition) is 2. The van der Waals surface area contributed by atoms with Crippen molar-refractivity contribution in [2.24, 2.45) is 0 Å². The molecule has 1 fully saturated rings. The van der Waals surface area contributed by atoms with Gasteiger partial charge in [0.05, 0.1) is 6.61 Å². The Morgan fingerprint density at radius 2 is 2.00 bits per heavy atom. The van der Waals surface area contributed by atoms with Crippen LogP contribution in [0.1, 0.15) is 6.92 Å². The second kappa shape index (κ2) is 5.90. The zero-order valence-corrected chi connectivity index (χ0v) is 8.40. The highest BCUT2D eigenvalue weighted by atomic mass is 31.2. The zero-order chi connectivity index (χ0) is 11.2. The van der Waals surface area contributed by atoms with Crippen molar-refractivity contribution in [1.82, 2.24) is 0 Å². The van der Waals surface area contributed by atoms with E-state index in [4.69, 9.17) is 10.00 Å². The number of aliphatic carboxylic acids is 1. The van der Waals surface area contributed by atoms with Gasteiger partial charge in [0.1, 0.15) is 6.61 Å². The minimum absolute atomic E-state index is 0.105. The lowest BCUT2D eigenvalue weighted by Gasteiger charge is -2.14. The molecule has 2 N–H and O–H groups in total. The molecule has 0 amide bonds. The molecule has 14 heavy (non-hydrogen) atoms. The summed E-state index contributed by atoms with van der Waals surface area (Å²) in [6.07, 6.45) is 0. The summed E-state index contributed by atoms with van der Waals surface area (Å²) in [5, 5.41) is 7.89. The first-order valence-corrected chi connectivity index (χ1v) is 5.02. The molecule has 0 aromatic carbocycles. The summed E-state index contributed by atoms with van der Waals surface area (Å²) < 4.78 is 18.3. The predicted molar refractivity (Wildman–Crippen MR) is 45.3 cm³/mol. The number of carboxylic acid groups (broad SMARTS) is 1. The predicted octanol–water partition coefficient (Wildman–Crippen LogP) is 0.712. The Labute approximate surface area is 80.4 Å². The second-order valence-corrected chi connectivity index (χ2v) is 3.63. The Bertz CT molecular complexity index is 239. The molecular weight excluding hydrogens is 215 g/mol. The third-order valence-corrected chi connectivity index (χ3v) is 1.74. The summed E-state index contributed by atoms with van der Waals surface area (Å²) in [7, 11) is -3.81. The molecule has 0 saturated carbocycles. The van der Waals surface area contributed by atoms with Gasteiger partial charge in [0.25, 0.3) is 0 Å². The van der Waals surface area contributed by atoms with Gasteiger partial charge in [-0.25, -0.2) is 14.2 Å². The van der Waals surface area contributed by atoms with Crippen molar-refractivity contribution in [3.8, 4) is 0 Å². The van der Waals surface area contributed by atoms with Crippen LogP contribution in [0.25, 0.3) is 0 Å². The van der Waals surface area contributed by atoms with Crippen LogP contribution in [0.4, 0.5) is 0 Å². The van der Waals surface area contributed by atoms with Gasteiger partial charge in [0, 0.05) is 5.57 Å². The molecular formula is C6H11O7P. The van der Waals surface area contributed by atoms with Crippen molar-refractivity contribution in [2.75, 3.05) is 13.2 Å². The fourth-order valence-electron chi connectivity index (χ4n) is 0.312. The van der Waals surface area contributed by atoms with E-state index in [9.17, 15) is 9.36 Å². The molecule has 7 nitrogen and oxygen atoms in total. The fraction of sp³-hybridized carbons (Fsp3) is 0.500. The van der Waals surface area contributed by atoms with Crippen molar-refractivity contribution in [1.29, 1.82) is 0 Å². The van der Waals surface area contributed by atoms with E-state index in [1.54, 1.807) is 0 Å². The third-order valence-electron chi connectivity index (χ3n) is 0.933. The van der Waals surface area contributed by atoms with E-state index < -0.39 is 13.8 Å². The van der Waals surface area contributed by atoms with E-state index in [0.717, 1.165) is 0 Å². The molecule has 1 aliphatic heterocycles. The Morgan fingerprint density at radius 1 is 1.50 bits per heavy atom. The topological polar surface area (TPSA) is 102 Å². The normalized spacial score (nSPS) is 25.9. The molecule has 8 heteroatoms. The van der Waals surface area contributed by atoms with Gasteiger partial charge in [0.2, 0.25) is 0 Å². The molecule has 0 bridgehead atoms. The van der Waals surface area contributed by atoms with Gasteiger partial charge in [-0.15, -0.1) is 4.67 Å². The van der Waals surface area contributed by atoms with Crippen LogP contribution in [-0.4, -0.2) is 29.2 Å². The summed E-state index contributed by atoms with van der Waals surface area (Å²) in [6, 6.07) is 0. The van der Waals surface area contributed by atoms with Gasteiger partial charge in [-0.1, -0.05) is 6.58 Å². The SMILES string of the molecule is C=C(C)C(=O)O.O=P1(O)OCCOO1. The molecule has 1 saturated heterocycles. The first kappa shape index (κ1) is 13.3. The van der Waals surface area contributed by atoms with Crippen LogP contribution in [0.3, 0.4) is 0 Å². The standard InChI is InChI=1S/C4H6O2.C2H5O5P/c1-3(2)4(5)6;3-8(4)6-2-1-5-7-8/h1H2,2H3,(H,5,6);1-2H2,(H,3,4). The van der Waals surface area contributed by atoms with Crippen LogP contribution in [0.2, 0.25) is 0 Å². The number of carboxylic acids is 1. The lowest BCUT2D eigenvalue weighted by Crippen LogP contribution is -2.10. The van der Waals surface area contributed by atoms with Gasteiger partial charge in [-0.3, -0.25) is 4.52 Å². The van der Waals surface area contributed by atoms with Crippen LogP contribution < -0.4 is 0 Å². The molecule has 82 valence electrons. The highest BCUT2D eigenvalue weighted by Gasteiger charge is 2.25. The highest BCUT2D eigenvalue weighted by Crippen LogP contribution is 2.45. The van der Waals surface area contributed by atoms with Crippen molar-refractivity contribution in [2.45, 2.75) is 6.92 Å². The zero-order valence-electron chi connectivity index (χ0n) is 7.50. The maximum atomic E-state index is 10.2. The van der Waals surface area contributed by atoms with Gasteiger partial charge < -0.3 is 10.00 Å². The summed E-state index contributed by atoms with van der Waals surface area (Å²) in [5.74, 6) is -0.935. The van der Waals surface area contributed by atoms with Crippen LogP contribution >= 0.6 is 7.82 Å². The number of rotatable bonds is 1. The number of phosphoric ester groups is 1. The molecule has 0 aromatic heterocycles. The molecule has 1 aliphatic rings. The number of carbonyl (C=O) groups is 1. The van der Waals surface area contributed by atoms with Gasteiger partial charge in [0.15, 0.2) is 0 Å². The Balaban J connectivity index is 0.000000255. The number of phosphoric acid groups is 1. The maximum Gasteiger partial charge on any atom is 0.499 e. The Morgan fingerprint density at radius 3 is 2.14 bits per heavy atom. The Kier molecular flexibility index (Phi) is 5.59. The average Bonchev–Trinajstić information content (AvgIpc) is 2.04. The summed E-state index contributed by atoms with van der Waals surface area (Å²) in [5.41, 5.74) is 0.176. The molecule has 1 heterocycles. The second-order valence-electron chi connectivity index (χ2n) is 2.28. The summed E-state index contributed by atoms with van der Waals surface area (Å²) in [4.78, 5) is 22.1. The molecule has 0 aliphatic carbocycles. The van der Waals surface area contributed by atoms with E-state index in [1.807, 2.05) is 0 Å². The number of hydrogen-bond acceptors (Lipinski definition) is 5. The minimum Gasteiger partial charge on any atom is -0.478 e. The fourth-order valence-corrected chi connectivity index (χ4v) is 0.868. The molecule has 1 atom stereocenters. The van der Waals surface area contributed by atoms with E-state index in [2.05, 4.69) is 20.7 Å². The van der Waals surface area contributed by atoms with Crippen molar-refractivity contribution >= 4 is 13.8 Å². The molecule has 0 spiro atoms. The molecule has 0 aromatic rings. The summed E-state index contributed by atoms with van der Waals surface area (Å²) >= 11 is 0. The monoisotopic (exact) mass is 226 g/mol. The third kappa shape index (κ3) is 6.76. The Hall–Kier alpha value is -0.720. The lowest BCUT2D eigenvalue weighted by atomic mass is 10.4. The molecule has 1 rings (SSSR count). The minimum atomic E-state index is -3.81. The van der Waals surface area contributed by atoms with Gasteiger partial charge in [-0.2, -0.15) is 0 Å². The highest BCUT2D eigenvalue weighted by molar-refractivity contribution is 7.47. The first-order valence-electron chi connectivity index (χ1n) is 3.52. The van der Waals surface area contributed by atoms with Crippen molar-refractivity contribution < 1.29 is 33.4 Å². The smallest absolute Gasteiger partial charge is 0.478 e. The van der Waals surface area contributed by atoms with E-state index >= 15 is 0 Å². The molecule has 0 radical (unpaired) electrons. The van der Waals surface area contributed by atoms with E-state index in [-0.39, 0.29) is 18.8 Å². The van der Waals surface area contributed by atoms with Crippen LogP contribution in [-0.2, 0) is 23.4 Å². The lowest BCUT2D eigenvalue weighted by molar-refractivity contribution is -0.250. The van der Waals surface area contributed by atoms with Gasteiger partial charge in [-0.05, 0) is 6.92 Å². The first-order chi connectivity index (χ1) is 6.35. The summed E-state index contributed by atoms with van der Waals surface area (Å²) in [6.45, 7) is 4.91. The van der Waals surface area contributed by atoms with E-state index in [0.29, 0.717) is 0 Å². The van der Waals surface area contributed by atoms with E-state index in [1.165, 1.54) is 6.92 Å².